The van der Waals surface area contributed by atoms with Gasteiger partial charge < -0.3 is 10.5 Å². The molecule has 2 aromatic rings. The van der Waals surface area contributed by atoms with Gasteiger partial charge in [0.05, 0.1) is 23.3 Å². The van der Waals surface area contributed by atoms with Gasteiger partial charge >= 0.3 is 0 Å². The summed E-state index contributed by atoms with van der Waals surface area (Å²) in [6.45, 7) is 2.21. The lowest BCUT2D eigenvalue weighted by atomic mass is 9.80. The zero-order chi connectivity index (χ0) is 21.0. The quantitative estimate of drug-likeness (QED) is 0.719. The number of rotatable bonds is 7. The number of hydrogen-bond acceptors (Lipinski definition) is 5. The van der Waals surface area contributed by atoms with Crippen molar-refractivity contribution in [3.63, 3.8) is 0 Å². The SMILES string of the molecule is COc1cccc(S(=O)(=O)NCC2CCC(c3ccc(C(N)=O)c(C)n3)CC2)c1. The number of benzene rings is 1. The highest BCUT2D eigenvalue weighted by molar-refractivity contribution is 7.89. The highest BCUT2D eigenvalue weighted by Crippen LogP contribution is 2.35. The summed E-state index contributed by atoms with van der Waals surface area (Å²) >= 11 is 0. The molecule has 29 heavy (non-hydrogen) atoms. The van der Waals surface area contributed by atoms with E-state index in [-0.39, 0.29) is 10.8 Å². The first-order valence-corrected chi connectivity index (χ1v) is 11.2. The molecule has 0 bridgehead atoms. The van der Waals surface area contributed by atoms with Crippen LogP contribution in [0.5, 0.6) is 5.75 Å². The highest BCUT2D eigenvalue weighted by atomic mass is 32.2. The summed E-state index contributed by atoms with van der Waals surface area (Å²) in [5, 5.41) is 0. The summed E-state index contributed by atoms with van der Waals surface area (Å²) in [7, 11) is -2.05. The van der Waals surface area contributed by atoms with Gasteiger partial charge in [-0.1, -0.05) is 6.07 Å². The Morgan fingerprint density at radius 3 is 2.55 bits per heavy atom. The van der Waals surface area contributed by atoms with E-state index in [1.807, 2.05) is 6.07 Å². The topological polar surface area (TPSA) is 111 Å². The maximum Gasteiger partial charge on any atom is 0.250 e. The van der Waals surface area contributed by atoms with E-state index in [0.29, 0.717) is 29.5 Å². The second kappa shape index (κ2) is 8.92. The lowest BCUT2D eigenvalue weighted by Crippen LogP contribution is -2.31. The van der Waals surface area contributed by atoms with Crippen LogP contribution in [0.15, 0.2) is 41.3 Å². The average Bonchev–Trinajstić information content (AvgIpc) is 2.72. The number of sulfonamides is 1. The van der Waals surface area contributed by atoms with Gasteiger partial charge in [-0.2, -0.15) is 0 Å². The van der Waals surface area contributed by atoms with Gasteiger partial charge in [-0.25, -0.2) is 13.1 Å². The number of pyridine rings is 1. The molecule has 1 saturated carbocycles. The van der Waals surface area contributed by atoms with Gasteiger partial charge in [0.15, 0.2) is 0 Å². The van der Waals surface area contributed by atoms with Crippen molar-refractivity contribution in [2.24, 2.45) is 11.7 Å². The fraction of sp³-hybridized carbons (Fsp3) is 0.429. The fourth-order valence-electron chi connectivity index (χ4n) is 3.81. The van der Waals surface area contributed by atoms with E-state index in [1.54, 1.807) is 31.2 Å². The van der Waals surface area contributed by atoms with Gasteiger partial charge in [-0.05, 0) is 62.8 Å². The van der Waals surface area contributed by atoms with Crippen LogP contribution in [0, 0.1) is 12.8 Å². The summed E-state index contributed by atoms with van der Waals surface area (Å²) in [6.07, 6.45) is 3.72. The molecule has 1 aliphatic rings. The minimum absolute atomic E-state index is 0.208. The van der Waals surface area contributed by atoms with Crippen LogP contribution < -0.4 is 15.2 Å². The Bertz CT molecular complexity index is 983. The number of primary amides is 1. The largest absolute Gasteiger partial charge is 0.497 e. The van der Waals surface area contributed by atoms with Gasteiger partial charge in [0, 0.05) is 24.2 Å². The van der Waals surface area contributed by atoms with E-state index in [9.17, 15) is 13.2 Å². The molecule has 0 spiro atoms. The molecule has 1 fully saturated rings. The van der Waals surface area contributed by atoms with Crippen molar-refractivity contribution in [3.05, 3.63) is 53.3 Å². The third-order valence-corrected chi connectivity index (χ3v) is 6.97. The van der Waals surface area contributed by atoms with E-state index in [0.717, 1.165) is 31.4 Å². The van der Waals surface area contributed by atoms with Crippen molar-refractivity contribution in [1.29, 1.82) is 0 Å². The van der Waals surface area contributed by atoms with Crippen molar-refractivity contribution >= 4 is 15.9 Å². The van der Waals surface area contributed by atoms with Crippen molar-refractivity contribution in [2.45, 2.75) is 43.4 Å². The summed E-state index contributed by atoms with van der Waals surface area (Å²) in [4.78, 5) is 16.1. The Hall–Kier alpha value is -2.45. The molecule has 3 rings (SSSR count). The number of amides is 1. The van der Waals surface area contributed by atoms with Gasteiger partial charge in [0.2, 0.25) is 10.0 Å². The van der Waals surface area contributed by atoms with E-state index in [4.69, 9.17) is 10.5 Å². The number of hydrogen-bond donors (Lipinski definition) is 2. The van der Waals surface area contributed by atoms with E-state index >= 15 is 0 Å². The standard InChI is InChI=1S/C21H27N3O4S/c1-14-19(21(22)25)10-11-20(24-14)16-8-6-15(7-9-16)13-23-29(26,27)18-5-3-4-17(12-18)28-2/h3-5,10-12,15-16,23H,6-9,13H2,1-2H3,(H2,22,25). The van der Waals surface area contributed by atoms with Crippen LogP contribution in [0.4, 0.5) is 0 Å². The van der Waals surface area contributed by atoms with Crippen LogP contribution in [0.1, 0.15) is 53.3 Å². The van der Waals surface area contributed by atoms with Gasteiger partial charge in [0.25, 0.3) is 5.91 Å². The molecule has 1 aliphatic carbocycles. The number of aryl methyl sites for hydroxylation is 1. The molecule has 0 atom stereocenters. The Morgan fingerprint density at radius 2 is 1.93 bits per heavy atom. The zero-order valence-corrected chi connectivity index (χ0v) is 17.5. The molecule has 0 radical (unpaired) electrons. The first-order valence-electron chi connectivity index (χ1n) is 9.71. The maximum absolute atomic E-state index is 12.5. The number of nitrogens with two attached hydrogens (primary N) is 1. The monoisotopic (exact) mass is 417 g/mol. The molecule has 0 unspecified atom stereocenters. The van der Waals surface area contributed by atoms with Crippen LogP contribution in [0.2, 0.25) is 0 Å². The molecular weight excluding hydrogens is 390 g/mol. The molecule has 0 aliphatic heterocycles. The van der Waals surface area contributed by atoms with Gasteiger partial charge in [-0.3, -0.25) is 9.78 Å². The third-order valence-electron chi connectivity index (χ3n) is 5.55. The summed E-state index contributed by atoms with van der Waals surface area (Å²) < 4.78 is 32.9. The molecule has 1 heterocycles. The van der Waals surface area contributed by atoms with E-state index in [1.165, 1.54) is 13.2 Å². The molecule has 156 valence electrons. The predicted octanol–water partition coefficient (Wildman–Crippen LogP) is 2.75. The first-order chi connectivity index (χ1) is 13.8. The van der Waals surface area contributed by atoms with E-state index < -0.39 is 15.9 Å². The Kier molecular flexibility index (Phi) is 6.54. The summed E-state index contributed by atoms with van der Waals surface area (Å²) in [5.41, 5.74) is 7.43. The first kappa shape index (κ1) is 21.3. The molecule has 1 aromatic heterocycles. The van der Waals surface area contributed by atoms with E-state index in [2.05, 4.69) is 9.71 Å². The Balaban J connectivity index is 1.56. The normalized spacial score (nSPS) is 19.7. The van der Waals surface area contributed by atoms with Crippen LogP contribution in [0.25, 0.3) is 0 Å². The number of carbonyl (C=O) groups is 1. The van der Waals surface area contributed by atoms with Crippen molar-refractivity contribution in [3.8, 4) is 5.75 Å². The number of nitrogens with zero attached hydrogens (tertiary/aromatic N) is 1. The average molecular weight is 418 g/mol. The lowest BCUT2D eigenvalue weighted by molar-refractivity contribution is 0.0999. The fourth-order valence-corrected chi connectivity index (χ4v) is 4.96. The van der Waals surface area contributed by atoms with Crippen LogP contribution in [-0.4, -0.2) is 33.0 Å². The Labute approximate surface area is 171 Å². The van der Waals surface area contributed by atoms with Crippen LogP contribution in [0.3, 0.4) is 0 Å². The minimum Gasteiger partial charge on any atom is -0.497 e. The molecular formula is C21H27N3O4S. The minimum atomic E-state index is -3.56. The number of methoxy groups -OCH3 is 1. The molecule has 1 amide bonds. The molecule has 7 nitrogen and oxygen atoms in total. The second-order valence-corrected chi connectivity index (χ2v) is 9.25. The van der Waals surface area contributed by atoms with Crippen molar-refractivity contribution in [2.75, 3.05) is 13.7 Å². The summed E-state index contributed by atoms with van der Waals surface area (Å²) in [6, 6.07) is 10.1. The zero-order valence-electron chi connectivity index (χ0n) is 16.7. The molecule has 3 N–H and O–H groups in total. The van der Waals surface area contributed by atoms with Crippen LogP contribution in [-0.2, 0) is 10.0 Å². The molecule has 1 aromatic carbocycles. The summed E-state index contributed by atoms with van der Waals surface area (Å²) in [5.74, 6) is 0.659. The van der Waals surface area contributed by atoms with Crippen molar-refractivity contribution < 1.29 is 17.9 Å². The maximum atomic E-state index is 12.5. The lowest BCUT2D eigenvalue weighted by Gasteiger charge is -2.28. The number of carbonyl (C=O) groups excluding carboxylic acids is 1. The number of aromatic nitrogens is 1. The van der Waals surface area contributed by atoms with Gasteiger partial charge in [-0.15, -0.1) is 0 Å². The molecule has 0 saturated heterocycles. The Morgan fingerprint density at radius 1 is 1.21 bits per heavy atom. The molecule has 8 heteroatoms. The van der Waals surface area contributed by atoms with Gasteiger partial charge in [0.1, 0.15) is 5.75 Å². The predicted molar refractivity (Wildman–Crippen MR) is 110 cm³/mol. The smallest absolute Gasteiger partial charge is 0.250 e. The van der Waals surface area contributed by atoms with Crippen LogP contribution >= 0.6 is 0 Å². The number of ether oxygens (including phenoxy) is 1. The highest BCUT2D eigenvalue weighted by Gasteiger charge is 2.25. The third kappa shape index (κ3) is 5.13. The second-order valence-electron chi connectivity index (χ2n) is 7.48. The number of nitrogens with one attached hydrogen (secondary N) is 1. The van der Waals surface area contributed by atoms with Crippen molar-refractivity contribution in [1.82, 2.24) is 9.71 Å².